The molecular weight excluding hydrogens is 206 g/mol. The molecule has 5 heteroatoms. The summed E-state index contributed by atoms with van der Waals surface area (Å²) in [6.45, 7) is 6.15. The molecule has 0 amide bonds. The molecule has 1 heterocycles. The first-order chi connectivity index (χ1) is 7.52. The van der Waals surface area contributed by atoms with Crippen LogP contribution >= 0.6 is 0 Å². The molecule has 0 unspecified atom stereocenters. The Balaban J connectivity index is 2.54. The van der Waals surface area contributed by atoms with Gasteiger partial charge in [-0.25, -0.2) is 0 Å². The second kappa shape index (κ2) is 5.65. The molecule has 1 aromatic heterocycles. The van der Waals surface area contributed by atoms with Crippen LogP contribution in [0.3, 0.4) is 0 Å². The number of aliphatic carboxylic acids is 1. The number of hydrogen-bond acceptors (Lipinski definition) is 3. The number of carboxylic acids is 1. The highest BCUT2D eigenvalue weighted by atomic mass is 16.4. The number of aromatic nitrogens is 2. The van der Waals surface area contributed by atoms with E-state index in [-0.39, 0.29) is 6.42 Å². The molecule has 1 N–H and O–H groups in total. The molecule has 0 saturated carbocycles. The highest BCUT2D eigenvalue weighted by Crippen LogP contribution is 2.06. The third-order valence-electron chi connectivity index (χ3n) is 2.42. The van der Waals surface area contributed by atoms with Crippen molar-refractivity contribution in [3.05, 3.63) is 17.5 Å². The monoisotopic (exact) mass is 225 g/mol. The van der Waals surface area contributed by atoms with Gasteiger partial charge in [-0.2, -0.15) is 5.10 Å². The number of aryl methyl sites for hydroxylation is 2. The summed E-state index contributed by atoms with van der Waals surface area (Å²) >= 11 is 0. The quantitative estimate of drug-likeness (QED) is 0.788. The molecule has 5 nitrogen and oxygen atoms in total. The Kier molecular flexibility index (Phi) is 4.49. The van der Waals surface area contributed by atoms with Gasteiger partial charge < -0.3 is 5.11 Å². The van der Waals surface area contributed by atoms with Gasteiger partial charge in [-0.3, -0.25) is 14.4 Å². The van der Waals surface area contributed by atoms with Crippen LogP contribution in [0.4, 0.5) is 0 Å². The van der Waals surface area contributed by atoms with E-state index in [1.165, 1.54) is 0 Å². The van der Waals surface area contributed by atoms with Crippen LogP contribution < -0.4 is 0 Å². The van der Waals surface area contributed by atoms with Crippen LogP contribution in [0.5, 0.6) is 0 Å². The zero-order valence-corrected chi connectivity index (χ0v) is 10.1. The van der Waals surface area contributed by atoms with E-state index in [1.807, 2.05) is 36.5 Å². The van der Waals surface area contributed by atoms with E-state index in [9.17, 15) is 4.79 Å². The fourth-order valence-electron chi connectivity index (χ4n) is 1.64. The molecule has 1 rings (SSSR count). The van der Waals surface area contributed by atoms with Crippen molar-refractivity contribution in [2.75, 3.05) is 13.6 Å². The van der Waals surface area contributed by atoms with Gasteiger partial charge in [-0.05, 0) is 27.0 Å². The highest BCUT2D eigenvalue weighted by Gasteiger charge is 2.08. The van der Waals surface area contributed by atoms with Gasteiger partial charge in [0.25, 0.3) is 0 Å². The van der Waals surface area contributed by atoms with Gasteiger partial charge in [0.05, 0.1) is 17.8 Å². The summed E-state index contributed by atoms with van der Waals surface area (Å²) in [5.74, 6) is -0.757. The van der Waals surface area contributed by atoms with Crippen molar-refractivity contribution in [2.24, 2.45) is 0 Å². The van der Waals surface area contributed by atoms with E-state index in [1.54, 1.807) is 0 Å². The summed E-state index contributed by atoms with van der Waals surface area (Å²) < 4.78 is 1.95. The molecule has 16 heavy (non-hydrogen) atoms. The van der Waals surface area contributed by atoms with E-state index in [0.717, 1.165) is 24.5 Å². The fraction of sp³-hybridized carbons (Fsp3) is 0.636. The summed E-state index contributed by atoms with van der Waals surface area (Å²) in [5.41, 5.74) is 2.14. The Morgan fingerprint density at radius 2 is 2.31 bits per heavy atom. The molecule has 0 fully saturated rings. The second-order valence-electron chi connectivity index (χ2n) is 3.97. The number of hydrogen-bond donors (Lipinski definition) is 1. The minimum absolute atomic E-state index is 0.176. The molecule has 0 bridgehead atoms. The van der Waals surface area contributed by atoms with Gasteiger partial charge in [-0.1, -0.05) is 0 Å². The van der Waals surface area contributed by atoms with Crippen LogP contribution in [0, 0.1) is 6.92 Å². The van der Waals surface area contributed by atoms with E-state index in [4.69, 9.17) is 5.11 Å². The Morgan fingerprint density at radius 1 is 1.62 bits per heavy atom. The lowest BCUT2D eigenvalue weighted by atomic mass is 10.3. The Labute approximate surface area is 95.7 Å². The maximum absolute atomic E-state index is 10.4. The first-order valence-corrected chi connectivity index (χ1v) is 5.46. The van der Waals surface area contributed by atoms with Crippen molar-refractivity contribution in [3.63, 3.8) is 0 Å². The van der Waals surface area contributed by atoms with Gasteiger partial charge in [0.1, 0.15) is 0 Å². The van der Waals surface area contributed by atoms with Gasteiger partial charge in [0, 0.05) is 19.6 Å². The van der Waals surface area contributed by atoms with Crippen molar-refractivity contribution in [1.29, 1.82) is 0 Å². The fourth-order valence-corrected chi connectivity index (χ4v) is 1.64. The van der Waals surface area contributed by atoms with E-state index in [2.05, 4.69) is 5.10 Å². The molecular formula is C11H19N3O2. The lowest BCUT2D eigenvalue weighted by molar-refractivity contribution is -0.137. The van der Waals surface area contributed by atoms with Gasteiger partial charge >= 0.3 is 5.97 Å². The van der Waals surface area contributed by atoms with Crippen LogP contribution in [-0.4, -0.2) is 39.3 Å². The van der Waals surface area contributed by atoms with Crippen LogP contribution in [0.25, 0.3) is 0 Å². The molecule has 0 aliphatic rings. The van der Waals surface area contributed by atoms with Crippen LogP contribution in [0.15, 0.2) is 6.07 Å². The van der Waals surface area contributed by atoms with E-state index >= 15 is 0 Å². The zero-order chi connectivity index (χ0) is 12.1. The predicted molar refractivity (Wildman–Crippen MR) is 61.2 cm³/mol. The van der Waals surface area contributed by atoms with Crippen LogP contribution in [-0.2, 0) is 17.9 Å². The van der Waals surface area contributed by atoms with Crippen molar-refractivity contribution >= 4 is 5.97 Å². The van der Waals surface area contributed by atoms with Crippen molar-refractivity contribution in [3.8, 4) is 0 Å². The molecule has 90 valence electrons. The Morgan fingerprint density at radius 3 is 2.88 bits per heavy atom. The van der Waals surface area contributed by atoms with Crippen LogP contribution in [0.2, 0.25) is 0 Å². The Bertz CT molecular complexity index is 360. The summed E-state index contributed by atoms with van der Waals surface area (Å²) in [7, 11) is 1.92. The summed E-state index contributed by atoms with van der Waals surface area (Å²) in [5, 5.41) is 12.9. The molecule has 0 radical (unpaired) electrons. The maximum atomic E-state index is 10.4. The third kappa shape index (κ3) is 3.66. The van der Waals surface area contributed by atoms with Gasteiger partial charge in [-0.15, -0.1) is 0 Å². The molecule has 0 aliphatic heterocycles. The maximum Gasteiger partial charge on any atom is 0.304 e. The van der Waals surface area contributed by atoms with E-state index < -0.39 is 5.97 Å². The average molecular weight is 225 g/mol. The molecule has 0 spiro atoms. The molecule has 1 aromatic rings. The van der Waals surface area contributed by atoms with Crippen molar-refractivity contribution < 1.29 is 9.90 Å². The molecule has 0 saturated heterocycles. The standard InChI is InChI=1S/C11H19N3O2/c1-4-14-10(7-9(2)12-14)8-13(3)6-5-11(15)16/h7H,4-6,8H2,1-3H3,(H,15,16). The number of carbonyl (C=O) groups is 1. The topological polar surface area (TPSA) is 58.4 Å². The predicted octanol–water partition coefficient (Wildman–Crippen LogP) is 1.12. The van der Waals surface area contributed by atoms with Crippen molar-refractivity contribution in [1.82, 2.24) is 14.7 Å². The molecule has 0 aromatic carbocycles. The number of nitrogens with zero attached hydrogens (tertiary/aromatic N) is 3. The number of carboxylic acid groups (broad SMARTS) is 1. The lowest BCUT2D eigenvalue weighted by Gasteiger charge is -2.15. The summed E-state index contributed by atoms with van der Waals surface area (Å²) in [6.07, 6.45) is 0.176. The average Bonchev–Trinajstić information content (AvgIpc) is 2.55. The van der Waals surface area contributed by atoms with Crippen LogP contribution in [0.1, 0.15) is 24.7 Å². The summed E-state index contributed by atoms with van der Waals surface area (Å²) in [4.78, 5) is 12.4. The molecule has 0 atom stereocenters. The highest BCUT2D eigenvalue weighted by molar-refractivity contribution is 5.66. The molecule has 0 aliphatic carbocycles. The normalized spacial score (nSPS) is 11.0. The largest absolute Gasteiger partial charge is 0.481 e. The first kappa shape index (κ1) is 12.7. The third-order valence-corrected chi connectivity index (χ3v) is 2.42. The lowest BCUT2D eigenvalue weighted by Crippen LogP contribution is -2.23. The minimum atomic E-state index is -0.757. The number of rotatable bonds is 6. The zero-order valence-electron chi connectivity index (χ0n) is 10.1. The second-order valence-corrected chi connectivity index (χ2v) is 3.97. The SMILES string of the molecule is CCn1nc(C)cc1CN(C)CCC(=O)O. The van der Waals surface area contributed by atoms with Crippen molar-refractivity contribution in [2.45, 2.75) is 33.4 Å². The smallest absolute Gasteiger partial charge is 0.304 e. The minimum Gasteiger partial charge on any atom is -0.481 e. The Hall–Kier alpha value is -1.36. The van der Waals surface area contributed by atoms with Gasteiger partial charge in [0.2, 0.25) is 0 Å². The van der Waals surface area contributed by atoms with Gasteiger partial charge in [0.15, 0.2) is 0 Å². The first-order valence-electron chi connectivity index (χ1n) is 5.46. The summed E-state index contributed by atoms with van der Waals surface area (Å²) in [6, 6.07) is 2.04. The van der Waals surface area contributed by atoms with E-state index in [0.29, 0.717) is 6.54 Å².